The zero-order chi connectivity index (χ0) is 13.3. The molecule has 0 fully saturated rings. The Morgan fingerprint density at radius 1 is 1.21 bits per heavy atom. The second-order valence-electron chi connectivity index (χ2n) is 4.62. The van der Waals surface area contributed by atoms with Gasteiger partial charge < -0.3 is 14.8 Å². The van der Waals surface area contributed by atoms with E-state index in [1.165, 1.54) is 5.41 Å². The smallest absolute Gasteiger partial charge is 0.173 e. The highest BCUT2D eigenvalue weighted by Crippen LogP contribution is 2.30. The van der Waals surface area contributed by atoms with Crippen molar-refractivity contribution in [3.63, 3.8) is 0 Å². The van der Waals surface area contributed by atoms with Crippen molar-refractivity contribution in [2.24, 2.45) is 0 Å². The molecule has 102 valence electrons. The molecule has 0 spiro atoms. The van der Waals surface area contributed by atoms with Gasteiger partial charge in [-0.25, -0.2) is 8.42 Å². The Balaban J connectivity index is 1.63. The molecule has 3 rings (SSSR count). The second-order valence-corrected chi connectivity index (χ2v) is 6.55. The van der Waals surface area contributed by atoms with Crippen LogP contribution in [0.5, 0.6) is 11.5 Å². The van der Waals surface area contributed by atoms with Crippen molar-refractivity contribution in [3.05, 3.63) is 35.2 Å². The van der Waals surface area contributed by atoms with Gasteiger partial charge in [0, 0.05) is 18.0 Å². The fourth-order valence-corrected chi connectivity index (χ4v) is 3.42. The average molecular weight is 281 g/mol. The Kier molecular flexibility index (Phi) is 3.20. The van der Waals surface area contributed by atoms with Gasteiger partial charge in [-0.3, -0.25) is 0 Å². The number of hydrogen-bond donors (Lipinski definition) is 1. The molecule has 19 heavy (non-hydrogen) atoms. The molecule has 5 nitrogen and oxygen atoms in total. The van der Waals surface area contributed by atoms with E-state index >= 15 is 0 Å². The van der Waals surface area contributed by atoms with Gasteiger partial charge >= 0.3 is 0 Å². The topological polar surface area (TPSA) is 64.6 Å². The summed E-state index contributed by atoms with van der Waals surface area (Å²) in [5, 5.41) is 4.47. The maximum Gasteiger partial charge on any atom is 0.173 e. The highest BCUT2D eigenvalue weighted by Gasteiger charge is 2.21. The number of rotatable bonds is 3. The third kappa shape index (κ3) is 2.90. The van der Waals surface area contributed by atoms with Crippen LogP contribution in [0.1, 0.15) is 5.56 Å². The largest absolute Gasteiger partial charge is 0.486 e. The second kappa shape index (κ2) is 4.86. The van der Waals surface area contributed by atoms with Crippen LogP contribution in [0.3, 0.4) is 0 Å². The van der Waals surface area contributed by atoms with E-state index in [0.717, 1.165) is 17.1 Å². The molecule has 1 atom stereocenters. The summed E-state index contributed by atoms with van der Waals surface area (Å²) in [6, 6.07) is 5.65. The predicted molar refractivity (Wildman–Crippen MR) is 71.0 cm³/mol. The molecule has 0 bridgehead atoms. The van der Waals surface area contributed by atoms with Crippen molar-refractivity contribution in [2.45, 2.75) is 12.6 Å². The summed E-state index contributed by atoms with van der Waals surface area (Å²) in [4.78, 5) is 0. The molecule has 2 aliphatic heterocycles. The normalized spacial score (nSPS) is 23.5. The minimum atomic E-state index is -3.00. The van der Waals surface area contributed by atoms with E-state index in [1.54, 1.807) is 6.08 Å². The van der Waals surface area contributed by atoms with Gasteiger partial charge in [-0.2, -0.15) is 0 Å². The molecule has 1 aromatic rings. The first-order valence-corrected chi connectivity index (χ1v) is 7.87. The molecule has 2 heterocycles. The van der Waals surface area contributed by atoms with Crippen molar-refractivity contribution < 1.29 is 17.9 Å². The maximum absolute atomic E-state index is 11.3. The molecule has 0 saturated carbocycles. The fourth-order valence-electron chi connectivity index (χ4n) is 2.15. The average Bonchev–Trinajstić information content (AvgIpc) is 2.76. The number of hydrogen-bond acceptors (Lipinski definition) is 5. The fraction of sp³-hybridized carbons (Fsp3) is 0.385. The van der Waals surface area contributed by atoms with Crippen LogP contribution in [-0.2, 0) is 16.4 Å². The van der Waals surface area contributed by atoms with Crippen LogP contribution in [0.4, 0.5) is 0 Å². The quantitative estimate of drug-likeness (QED) is 0.890. The van der Waals surface area contributed by atoms with E-state index in [0.29, 0.717) is 19.8 Å². The number of fused-ring (bicyclic) bond motifs is 1. The van der Waals surface area contributed by atoms with Gasteiger partial charge in [-0.15, -0.1) is 0 Å². The molecular formula is C13H15NO4S. The Morgan fingerprint density at radius 3 is 2.74 bits per heavy atom. The van der Waals surface area contributed by atoms with Crippen LogP contribution in [0.2, 0.25) is 0 Å². The predicted octanol–water partition coefficient (Wildman–Crippen LogP) is 0.858. The first-order chi connectivity index (χ1) is 9.12. The number of nitrogens with one attached hydrogen (secondary N) is 1. The summed E-state index contributed by atoms with van der Waals surface area (Å²) in [6.45, 7) is 1.74. The molecule has 0 amide bonds. The van der Waals surface area contributed by atoms with Gasteiger partial charge in [-0.05, 0) is 17.7 Å². The van der Waals surface area contributed by atoms with E-state index in [-0.39, 0.29) is 11.8 Å². The molecule has 1 N–H and O–H groups in total. The van der Waals surface area contributed by atoms with E-state index in [1.807, 2.05) is 18.2 Å². The molecule has 6 heteroatoms. The lowest BCUT2D eigenvalue weighted by molar-refractivity contribution is 0.171. The summed E-state index contributed by atoms with van der Waals surface area (Å²) in [6.07, 6.45) is 1.69. The number of ether oxygens (including phenoxy) is 2. The van der Waals surface area contributed by atoms with Crippen LogP contribution >= 0.6 is 0 Å². The molecule has 2 aliphatic rings. The summed E-state index contributed by atoms with van der Waals surface area (Å²) >= 11 is 0. The minimum Gasteiger partial charge on any atom is -0.486 e. The molecule has 0 saturated heterocycles. The molecular weight excluding hydrogens is 266 g/mol. The van der Waals surface area contributed by atoms with Crippen LogP contribution in [-0.4, -0.2) is 33.4 Å². The van der Waals surface area contributed by atoms with E-state index in [2.05, 4.69) is 5.32 Å². The van der Waals surface area contributed by atoms with E-state index in [4.69, 9.17) is 9.47 Å². The first kappa shape index (κ1) is 12.5. The van der Waals surface area contributed by atoms with Crippen molar-refractivity contribution in [1.82, 2.24) is 5.32 Å². The van der Waals surface area contributed by atoms with Crippen LogP contribution in [0.25, 0.3) is 0 Å². The molecule has 0 aromatic heterocycles. The molecule has 1 unspecified atom stereocenters. The van der Waals surface area contributed by atoms with Crippen molar-refractivity contribution in [3.8, 4) is 11.5 Å². The number of benzene rings is 1. The lowest BCUT2D eigenvalue weighted by Crippen LogP contribution is -2.29. The SMILES string of the molecule is O=S1(=O)C=CC(NCc2ccc3c(c2)OCCO3)C1. The number of sulfone groups is 1. The van der Waals surface area contributed by atoms with E-state index in [9.17, 15) is 8.42 Å². The zero-order valence-corrected chi connectivity index (χ0v) is 11.2. The van der Waals surface area contributed by atoms with Gasteiger partial charge in [0.05, 0.1) is 5.75 Å². The van der Waals surface area contributed by atoms with Crippen LogP contribution < -0.4 is 14.8 Å². The first-order valence-electron chi connectivity index (χ1n) is 6.15. The third-order valence-electron chi connectivity index (χ3n) is 3.11. The Hall–Kier alpha value is -1.53. The highest BCUT2D eigenvalue weighted by molar-refractivity contribution is 7.94. The van der Waals surface area contributed by atoms with Crippen molar-refractivity contribution in [1.29, 1.82) is 0 Å². The summed E-state index contributed by atoms with van der Waals surface area (Å²) in [5.41, 5.74) is 1.04. The summed E-state index contributed by atoms with van der Waals surface area (Å²) < 4.78 is 33.5. The standard InChI is InChI=1S/C13H15NO4S/c15-19(16)6-3-11(9-19)14-8-10-1-2-12-13(7-10)18-5-4-17-12/h1-3,6-7,11,14H,4-5,8-9H2. The van der Waals surface area contributed by atoms with Crippen LogP contribution in [0, 0.1) is 0 Å². The molecule has 0 aliphatic carbocycles. The van der Waals surface area contributed by atoms with Gasteiger partial charge in [0.15, 0.2) is 21.3 Å². The highest BCUT2D eigenvalue weighted by atomic mass is 32.2. The van der Waals surface area contributed by atoms with Crippen molar-refractivity contribution >= 4 is 9.84 Å². The van der Waals surface area contributed by atoms with E-state index < -0.39 is 9.84 Å². The minimum absolute atomic E-state index is 0.113. The monoisotopic (exact) mass is 281 g/mol. The Bertz CT molecular complexity index is 609. The van der Waals surface area contributed by atoms with Gasteiger partial charge in [0.2, 0.25) is 0 Å². The van der Waals surface area contributed by atoms with Gasteiger partial charge in [-0.1, -0.05) is 12.1 Å². The molecule has 1 aromatic carbocycles. The van der Waals surface area contributed by atoms with Gasteiger partial charge in [0.25, 0.3) is 0 Å². The van der Waals surface area contributed by atoms with Gasteiger partial charge in [0.1, 0.15) is 13.2 Å². The third-order valence-corrected chi connectivity index (χ3v) is 4.50. The Labute approximate surface area is 112 Å². The Morgan fingerprint density at radius 2 is 2.00 bits per heavy atom. The lowest BCUT2D eigenvalue weighted by Gasteiger charge is -2.19. The maximum atomic E-state index is 11.3. The van der Waals surface area contributed by atoms with Crippen molar-refractivity contribution in [2.75, 3.05) is 19.0 Å². The van der Waals surface area contributed by atoms with Crippen LogP contribution in [0.15, 0.2) is 29.7 Å². The lowest BCUT2D eigenvalue weighted by atomic mass is 10.2. The summed E-state index contributed by atoms with van der Waals surface area (Å²) in [7, 11) is -3.00. The zero-order valence-electron chi connectivity index (χ0n) is 10.3. The summed E-state index contributed by atoms with van der Waals surface area (Å²) in [5.74, 6) is 1.65. The molecule has 0 radical (unpaired) electrons.